The van der Waals surface area contributed by atoms with Crippen molar-refractivity contribution in [1.82, 2.24) is 5.32 Å². The quantitative estimate of drug-likeness (QED) is 0.755. The summed E-state index contributed by atoms with van der Waals surface area (Å²) < 4.78 is 0. The lowest BCUT2D eigenvalue weighted by molar-refractivity contribution is 0.0871. The highest BCUT2D eigenvalue weighted by Crippen LogP contribution is 2.23. The molecule has 4 heteroatoms. The van der Waals surface area contributed by atoms with E-state index in [2.05, 4.69) is 10.6 Å². The molecule has 3 N–H and O–H groups in total. The van der Waals surface area contributed by atoms with Gasteiger partial charge in [-0.15, -0.1) is 0 Å². The van der Waals surface area contributed by atoms with Gasteiger partial charge in [0.1, 0.15) is 0 Å². The molecule has 1 aliphatic heterocycles. The SMILES string of the molecule is CC(C)C(O)CNC(=O)c1ccc2c(c1)NCC2. The maximum absolute atomic E-state index is 11.9. The summed E-state index contributed by atoms with van der Waals surface area (Å²) >= 11 is 0. The van der Waals surface area contributed by atoms with Gasteiger partial charge in [0, 0.05) is 24.3 Å². The van der Waals surface area contributed by atoms with Crippen molar-refractivity contribution in [2.24, 2.45) is 5.92 Å². The molecule has 1 unspecified atom stereocenters. The van der Waals surface area contributed by atoms with Crippen LogP contribution >= 0.6 is 0 Å². The molecule has 2 rings (SSSR count). The van der Waals surface area contributed by atoms with Gasteiger partial charge in [0.15, 0.2) is 0 Å². The Kier molecular flexibility index (Phi) is 3.87. The summed E-state index contributed by atoms with van der Waals surface area (Å²) in [7, 11) is 0. The van der Waals surface area contributed by atoms with Gasteiger partial charge >= 0.3 is 0 Å². The highest BCUT2D eigenvalue weighted by Gasteiger charge is 2.15. The smallest absolute Gasteiger partial charge is 0.251 e. The van der Waals surface area contributed by atoms with Gasteiger partial charge in [0.05, 0.1) is 6.10 Å². The first-order valence-electron chi connectivity index (χ1n) is 6.41. The average Bonchev–Trinajstić information content (AvgIpc) is 2.82. The predicted octanol–water partition coefficient (Wildman–Crippen LogP) is 1.40. The summed E-state index contributed by atoms with van der Waals surface area (Å²) in [5.74, 6) is 0.0122. The van der Waals surface area contributed by atoms with Crippen molar-refractivity contribution in [3.8, 4) is 0 Å². The largest absolute Gasteiger partial charge is 0.391 e. The van der Waals surface area contributed by atoms with Crippen molar-refractivity contribution in [3.63, 3.8) is 0 Å². The Labute approximate surface area is 107 Å². The molecule has 18 heavy (non-hydrogen) atoms. The first-order valence-corrected chi connectivity index (χ1v) is 6.41. The molecule has 4 nitrogen and oxygen atoms in total. The van der Waals surface area contributed by atoms with E-state index in [1.807, 2.05) is 32.0 Å². The topological polar surface area (TPSA) is 61.4 Å². The van der Waals surface area contributed by atoms with Gasteiger partial charge in [-0.2, -0.15) is 0 Å². The normalized spacial score (nSPS) is 15.1. The highest BCUT2D eigenvalue weighted by atomic mass is 16.3. The molecule has 1 amide bonds. The fourth-order valence-electron chi connectivity index (χ4n) is 1.97. The van der Waals surface area contributed by atoms with E-state index in [-0.39, 0.29) is 11.8 Å². The van der Waals surface area contributed by atoms with Gasteiger partial charge in [-0.3, -0.25) is 4.79 Å². The number of hydrogen-bond donors (Lipinski definition) is 3. The van der Waals surface area contributed by atoms with Crippen LogP contribution in [0.5, 0.6) is 0 Å². The Morgan fingerprint density at radius 2 is 2.28 bits per heavy atom. The number of anilines is 1. The molecular weight excluding hydrogens is 228 g/mol. The summed E-state index contributed by atoms with van der Waals surface area (Å²) in [5, 5.41) is 15.7. The van der Waals surface area contributed by atoms with Crippen LogP contribution in [0.25, 0.3) is 0 Å². The maximum atomic E-state index is 11.9. The van der Waals surface area contributed by atoms with E-state index in [4.69, 9.17) is 0 Å². The minimum Gasteiger partial charge on any atom is -0.391 e. The molecule has 0 aromatic heterocycles. The minimum atomic E-state index is -0.499. The molecule has 1 aliphatic rings. The second kappa shape index (κ2) is 5.40. The number of aliphatic hydroxyl groups is 1. The van der Waals surface area contributed by atoms with Crippen LogP contribution in [0.1, 0.15) is 29.8 Å². The number of fused-ring (bicyclic) bond motifs is 1. The van der Waals surface area contributed by atoms with Crippen molar-refractivity contribution in [1.29, 1.82) is 0 Å². The number of carbonyl (C=O) groups excluding carboxylic acids is 1. The van der Waals surface area contributed by atoms with Gasteiger partial charge in [0.2, 0.25) is 0 Å². The predicted molar refractivity (Wildman–Crippen MR) is 71.8 cm³/mol. The Hall–Kier alpha value is -1.55. The van der Waals surface area contributed by atoms with Crippen LogP contribution in [0.4, 0.5) is 5.69 Å². The van der Waals surface area contributed by atoms with Gasteiger partial charge in [-0.1, -0.05) is 19.9 Å². The molecule has 1 aromatic rings. The van der Waals surface area contributed by atoms with Crippen LogP contribution < -0.4 is 10.6 Å². The van der Waals surface area contributed by atoms with Crippen LogP contribution in [0, 0.1) is 5.92 Å². The van der Waals surface area contributed by atoms with Crippen molar-refractivity contribution < 1.29 is 9.90 Å². The van der Waals surface area contributed by atoms with Crippen LogP contribution in [0.2, 0.25) is 0 Å². The second-order valence-electron chi connectivity index (χ2n) is 5.07. The lowest BCUT2D eigenvalue weighted by Gasteiger charge is -2.15. The second-order valence-corrected chi connectivity index (χ2v) is 5.07. The number of amides is 1. The first kappa shape index (κ1) is 12.9. The number of carbonyl (C=O) groups is 1. The van der Waals surface area contributed by atoms with E-state index < -0.39 is 6.10 Å². The lowest BCUT2D eigenvalue weighted by Crippen LogP contribution is -2.34. The summed E-state index contributed by atoms with van der Waals surface area (Å²) in [6.45, 7) is 5.08. The van der Waals surface area contributed by atoms with Crippen LogP contribution in [0.15, 0.2) is 18.2 Å². The minimum absolute atomic E-state index is 0.133. The van der Waals surface area contributed by atoms with Gasteiger partial charge in [-0.05, 0) is 30.0 Å². The summed E-state index contributed by atoms with van der Waals surface area (Å²) in [6.07, 6.45) is 0.519. The third kappa shape index (κ3) is 2.82. The molecule has 0 aliphatic carbocycles. The van der Waals surface area contributed by atoms with Crippen LogP contribution in [-0.2, 0) is 6.42 Å². The molecule has 1 heterocycles. The summed E-state index contributed by atoms with van der Waals surface area (Å²) in [5.41, 5.74) is 2.94. The Morgan fingerprint density at radius 1 is 1.50 bits per heavy atom. The highest BCUT2D eigenvalue weighted by molar-refractivity contribution is 5.95. The summed E-state index contributed by atoms with van der Waals surface area (Å²) in [6, 6.07) is 5.70. The van der Waals surface area contributed by atoms with E-state index in [1.165, 1.54) is 5.56 Å². The van der Waals surface area contributed by atoms with Crippen LogP contribution in [-0.4, -0.2) is 30.2 Å². The molecule has 0 saturated heterocycles. The van der Waals surface area contributed by atoms with Crippen LogP contribution in [0.3, 0.4) is 0 Å². The maximum Gasteiger partial charge on any atom is 0.251 e. The number of benzene rings is 1. The Bertz CT molecular complexity index is 443. The lowest BCUT2D eigenvalue weighted by atomic mass is 10.1. The van der Waals surface area contributed by atoms with E-state index in [0.717, 1.165) is 18.7 Å². The zero-order valence-electron chi connectivity index (χ0n) is 10.9. The van der Waals surface area contributed by atoms with E-state index in [9.17, 15) is 9.90 Å². The number of nitrogens with one attached hydrogen (secondary N) is 2. The standard InChI is InChI=1S/C14H20N2O2/c1-9(2)13(17)8-16-14(18)11-4-3-10-5-6-15-12(10)7-11/h3-4,7,9,13,15,17H,5-6,8H2,1-2H3,(H,16,18). The third-order valence-electron chi connectivity index (χ3n) is 3.32. The molecule has 1 atom stereocenters. The molecule has 0 saturated carbocycles. The zero-order valence-corrected chi connectivity index (χ0v) is 10.9. The molecule has 98 valence electrons. The van der Waals surface area contributed by atoms with Gasteiger partial charge in [-0.25, -0.2) is 0 Å². The Balaban J connectivity index is 1.97. The third-order valence-corrected chi connectivity index (χ3v) is 3.32. The van der Waals surface area contributed by atoms with Gasteiger partial charge in [0.25, 0.3) is 5.91 Å². The first-order chi connectivity index (χ1) is 8.58. The van der Waals surface area contributed by atoms with Crippen molar-refractivity contribution in [2.75, 3.05) is 18.4 Å². The monoisotopic (exact) mass is 248 g/mol. The molecule has 1 aromatic carbocycles. The van der Waals surface area contributed by atoms with E-state index in [0.29, 0.717) is 12.1 Å². The molecule has 0 bridgehead atoms. The van der Waals surface area contributed by atoms with E-state index in [1.54, 1.807) is 0 Å². The fourth-order valence-corrected chi connectivity index (χ4v) is 1.97. The molecular formula is C14H20N2O2. The van der Waals surface area contributed by atoms with Crippen molar-refractivity contribution in [3.05, 3.63) is 29.3 Å². The molecule has 0 radical (unpaired) electrons. The van der Waals surface area contributed by atoms with Gasteiger partial charge < -0.3 is 15.7 Å². The average molecular weight is 248 g/mol. The van der Waals surface area contributed by atoms with Crippen molar-refractivity contribution >= 4 is 11.6 Å². The zero-order chi connectivity index (χ0) is 13.1. The number of aliphatic hydroxyl groups excluding tert-OH is 1. The fraction of sp³-hybridized carbons (Fsp3) is 0.500. The van der Waals surface area contributed by atoms with Crippen molar-refractivity contribution in [2.45, 2.75) is 26.4 Å². The molecule has 0 fully saturated rings. The number of rotatable bonds is 4. The molecule has 0 spiro atoms. The Morgan fingerprint density at radius 3 is 3.00 bits per heavy atom. The number of hydrogen-bond acceptors (Lipinski definition) is 3. The van der Waals surface area contributed by atoms with E-state index >= 15 is 0 Å². The summed E-state index contributed by atoms with van der Waals surface area (Å²) in [4.78, 5) is 11.9.